The van der Waals surface area contributed by atoms with E-state index in [1.54, 1.807) is 25.1 Å². The quantitative estimate of drug-likeness (QED) is 0.664. The van der Waals surface area contributed by atoms with Crippen LogP contribution >= 0.6 is 0 Å². The summed E-state index contributed by atoms with van der Waals surface area (Å²) in [7, 11) is -4.00. The first-order valence-corrected chi connectivity index (χ1v) is 10.5. The Balaban J connectivity index is 1.79. The Morgan fingerprint density at radius 2 is 1.87 bits per heavy atom. The number of nitrogens with one attached hydrogen (secondary N) is 2. The average molecular weight is 429 g/mol. The number of nitrogens with zero attached hydrogens (tertiary/aromatic N) is 3. The molecule has 0 amide bonds. The van der Waals surface area contributed by atoms with Crippen molar-refractivity contribution in [3.63, 3.8) is 0 Å². The molecule has 2 aromatic carbocycles. The Labute approximate surface area is 171 Å². The van der Waals surface area contributed by atoms with Crippen LogP contribution in [0.3, 0.4) is 0 Å². The van der Waals surface area contributed by atoms with Crippen molar-refractivity contribution >= 4 is 21.7 Å². The van der Waals surface area contributed by atoms with Crippen LogP contribution < -0.4 is 10.0 Å². The Kier molecular flexibility index (Phi) is 5.17. The molecule has 0 saturated carbocycles. The van der Waals surface area contributed by atoms with E-state index in [1.807, 2.05) is 0 Å². The van der Waals surface area contributed by atoms with Gasteiger partial charge in [-0.2, -0.15) is 10.2 Å². The molecule has 0 spiro atoms. The molecule has 154 valence electrons. The van der Waals surface area contributed by atoms with Crippen LogP contribution in [-0.2, 0) is 16.6 Å². The third-order valence-electron chi connectivity index (χ3n) is 4.75. The number of fused-ring (bicyclic) bond motifs is 1. The summed E-state index contributed by atoms with van der Waals surface area (Å²) in [5.41, 5.74) is 0.842. The lowest BCUT2D eigenvalue weighted by Gasteiger charge is -2.26. The molecule has 10 heteroatoms. The second kappa shape index (κ2) is 7.79. The molecule has 1 atom stereocenters. The van der Waals surface area contributed by atoms with Gasteiger partial charge in [-0.1, -0.05) is 25.1 Å². The van der Waals surface area contributed by atoms with Crippen molar-refractivity contribution in [3.8, 4) is 0 Å². The predicted molar refractivity (Wildman–Crippen MR) is 107 cm³/mol. The van der Waals surface area contributed by atoms with Crippen LogP contribution in [0.4, 0.5) is 14.5 Å². The van der Waals surface area contributed by atoms with E-state index in [-0.39, 0.29) is 34.2 Å². The van der Waals surface area contributed by atoms with Crippen molar-refractivity contribution in [1.29, 1.82) is 0 Å². The number of benzene rings is 2. The molecule has 0 radical (unpaired) electrons. The Morgan fingerprint density at radius 3 is 2.60 bits per heavy atom. The van der Waals surface area contributed by atoms with Gasteiger partial charge in [0.15, 0.2) is 0 Å². The molecule has 1 aliphatic heterocycles. The van der Waals surface area contributed by atoms with Crippen molar-refractivity contribution in [2.24, 2.45) is 4.99 Å². The molecule has 2 N–H and O–H groups in total. The van der Waals surface area contributed by atoms with Crippen molar-refractivity contribution in [2.45, 2.75) is 24.3 Å². The maximum Gasteiger partial charge on any atom is 0.266 e. The van der Waals surface area contributed by atoms with Gasteiger partial charge in [-0.15, -0.1) is 0 Å². The van der Waals surface area contributed by atoms with Crippen LogP contribution in [0.5, 0.6) is 0 Å². The molecule has 0 aliphatic carbocycles. The summed E-state index contributed by atoms with van der Waals surface area (Å²) >= 11 is 0. The van der Waals surface area contributed by atoms with E-state index in [0.717, 1.165) is 12.1 Å². The molecule has 3 aromatic rings. The first kappa shape index (κ1) is 19.9. The SMILES string of the molecule is CC(c1ccccc1F)c1c(F)ccc2c1NC(=NCc1cccnn1)NS2(=O)=O. The van der Waals surface area contributed by atoms with E-state index in [9.17, 15) is 17.2 Å². The van der Waals surface area contributed by atoms with E-state index in [2.05, 4.69) is 25.2 Å². The van der Waals surface area contributed by atoms with Crippen LogP contribution in [0.2, 0.25) is 0 Å². The number of sulfonamides is 1. The lowest BCUT2D eigenvalue weighted by Crippen LogP contribution is -2.41. The van der Waals surface area contributed by atoms with E-state index in [4.69, 9.17) is 0 Å². The Bertz CT molecular complexity index is 1230. The van der Waals surface area contributed by atoms with Gasteiger partial charge in [0.05, 0.1) is 17.9 Å². The maximum atomic E-state index is 14.8. The van der Waals surface area contributed by atoms with Gasteiger partial charge in [-0.25, -0.2) is 26.9 Å². The summed E-state index contributed by atoms with van der Waals surface area (Å²) in [4.78, 5) is 4.05. The van der Waals surface area contributed by atoms with E-state index >= 15 is 0 Å². The molecule has 0 saturated heterocycles. The number of aromatic nitrogens is 2. The fourth-order valence-corrected chi connectivity index (χ4v) is 4.46. The predicted octanol–water partition coefficient (Wildman–Crippen LogP) is 3.17. The van der Waals surface area contributed by atoms with Crippen LogP contribution in [0, 0.1) is 11.6 Å². The van der Waals surface area contributed by atoms with Crippen molar-refractivity contribution in [2.75, 3.05) is 5.32 Å². The minimum absolute atomic E-state index is 0.0300. The summed E-state index contributed by atoms with van der Waals surface area (Å²) in [6, 6.07) is 11.6. The second-order valence-corrected chi connectivity index (χ2v) is 8.34. The summed E-state index contributed by atoms with van der Waals surface area (Å²) in [6.45, 7) is 1.67. The smallest absolute Gasteiger partial charge is 0.266 e. The van der Waals surface area contributed by atoms with Crippen molar-refractivity contribution < 1.29 is 17.2 Å². The average Bonchev–Trinajstić information content (AvgIpc) is 2.72. The summed E-state index contributed by atoms with van der Waals surface area (Å²) in [5, 5.41) is 10.5. The first-order chi connectivity index (χ1) is 14.4. The fourth-order valence-electron chi connectivity index (χ4n) is 3.31. The van der Waals surface area contributed by atoms with Gasteiger partial charge in [0.25, 0.3) is 10.0 Å². The molecule has 30 heavy (non-hydrogen) atoms. The first-order valence-electron chi connectivity index (χ1n) is 9.04. The van der Waals surface area contributed by atoms with Crippen LogP contribution in [0.1, 0.15) is 29.7 Å². The van der Waals surface area contributed by atoms with E-state index in [1.165, 1.54) is 24.4 Å². The number of anilines is 1. The minimum atomic E-state index is -4.00. The van der Waals surface area contributed by atoms with Crippen molar-refractivity contribution in [3.05, 3.63) is 83.2 Å². The minimum Gasteiger partial charge on any atom is -0.324 e. The van der Waals surface area contributed by atoms with Crippen LogP contribution in [0.15, 0.2) is 64.6 Å². The van der Waals surface area contributed by atoms with Gasteiger partial charge in [0.1, 0.15) is 16.5 Å². The van der Waals surface area contributed by atoms with E-state index < -0.39 is 27.6 Å². The van der Waals surface area contributed by atoms with Crippen LogP contribution in [-0.4, -0.2) is 24.6 Å². The van der Waals surface area contributed by atoms with Gasteiger partial charge >= 0.3 is 0 Å². The third-order valence-corrected chi connectivity index (χ3v) is 6.13. The molecule has 4 rings (SSSR count). The number of rotatable bonds is 4. The molecule has 7 nitrogen and oxygen atoms in total. The molecule has 1 unspecified atom stereocenters. The molecule has 1 aromatic heterocycles. The number of guanidine groups is 1. The highest BCUT2D eigenvalue weighted by Crippen LogP contribution is 2.38. The largest absolute Gasteiger partial charge is 0.324 e. The summed E-state index contributed by atoms with van der Waals surface area (Å²) in [6.07, 6.45) is 1.51. The van der Waals surface area contributed by atoms with Gasteiger partial charge in [0, 0.05) is 17.7 Å². The lowest BCUT2D eigenvalue weighted by molar-refractivity contribution is 0.577. The standard InChI is InChI=1S/C20H17F2N5O2S/c1-12(14-6-2-3-7-15(14)21)18-16(22)8-9-17-19(18)25-20(27-30(17,28)29)23-11-13-5-4-10-24-26-13/h2-10,12H,11H2,1H3,(H2,23,25,27). The Hall–Kier alpha value is -3.40. The number of aliphatic imine (C=N–C) groups is 1. The van der Waals surface area contributed by atoms with Gasteiger partial charge in [-0.05, 0) is 35.9 Å². The van der Waals surface area contributed by atoms with Crippen LogP contribution in [0.25, 0.3) is 0 Å². The molecular weight excluding hydrogens is 412 g/mol. The molecule has 0 fully saturated rings. The number of hydrogen-bond acceptors (Lipinski definition) is 5. The van der Waals surface area contributed by atoms with Gasteiger partial charge in [0.2, 0.25) is 5.96 Å². The zero-order chi connectivity index (χ0) is 21.3. The van der Waals surface area contributed by atoms with E-state index in [0.29, 0.717) is 5.69 Å². The third kappa shape index (κ3) is 3.73. The molecular formula is C20H17F2N5O2S. The number of halogens is 2. The second-order valence-electron chi connectivity index (χ2n) is 6.69. The zero-order valence-electron chi connectivity index (χ0n) is 15.8. The lowest BCUT2D eigenvalue weighted by atomic mass is 9.91. The summed E-state index contributed by atoms with van der Waals surface area (Å²) < 4.78 is 56.9. The number of hydrogen-bond donors (Lipinski definition) is 2. The highest BCUT2D eigenvalue weighted by molar-refractivity contribution is 7.90. The van der Waals surface area contributed by atoms with Gasteiger partial charge < -0.3 is 5.32 Å². The van der Waals surface area contributed by atoms with Gasteiger partial charge in [-0.3, -0.25) is 0 Å². The summed E-state index contributed by atoms with van der Waals surface area (Å²) in [5.74, 6) is -1.98. The highest BCUT2D eigenvalue weighted by atomic mass is 32.2. The van der Waals surface area contributed by atoms with Crippen molar-refractivity contribution in [1.82, 2.24) is 14.9 Å². The molecule has 1 aliphatic rings. The maximum absolute atomic E-state index is 14.8. The molecule has 0 bridgehead atoms. The topological polar surface area (TPSA) is 96.3 Å². The highest BCUT2D eigenvalue weighted by Gasteiger charge is 2.32. The zero-order valence-corrected chi connectivity index (χ0v) is 16.6. The molecule has 2 heterocycles. The normalized spacial score (nSPS) is 17.0. The monoisotopic (exact) mass is 429 g/mol. The Morgan fingerprint density at radius 1 is 1.07 bits per heavy atom. The fraction of sp³-hybridized carbons (Fsp3) is 0.150.